The standard InChI is InChI=1S/C15H11Cl4NO2/c16-12-9-5-4-8-11(12)13(21)20-14(15(17,18)19)22-10-6-2-1-3-7-10/h1-9,14H,(H,20,21)/t14-/m0/s1. The van der Waals surface area contributed by atoms with Crippen LogP contribution >= 0.6 is 46.4 Å². The van der Waals surface area contributed by atoms with Gasteiger partial charge in [-0.05, 0) is 24.3 Å². The van der Waals surface area contributed by atoms with Crippen LogP contribution in [0.3, 0.4) is 0 Å². The van der Waals surface area contributed by atoms with Crippen LogP contribution in [0, 0.1) is 0 Å². The predicted octanol–water partition coefficient (Wildman–Crippen LogP) is 4.85. The summed E-state index contributed by atoms with van der Waals surface area (Å²) in [6.07, 6.45) is -1.18. The van der Waals surface area contributed by atoms with Gasteiger partial charge in [0, 0.05) is 0 Å². The quantitative estimate of drug-likeness (QED) is 0.610. The first-order chi connectivity index (χ1) is 10.4. The van der Waals surface area contributed by atoms with Crippen molar-refractivity contribution in [3.63, 3.8) is 0 Å². The molecule has 0 bridgehead atoms. The molecule has 1 N–H and O–H groups in total. The smallest absolute Gasteiger partial charge is 0.255 e. The second-order valence-electron chi connectivity index (χ2n) is 4.31. The molecule has 2 aromatic carbocycles. The van der Waals surface area contributed by atoms with Crippen molar-refractivity contribution in [3.8, 4) is 5.75 Å². The number of hydrogen-bond acceptors (Lipinski definition) is 2. The summed E-state index contributed by atoms with van der Waals surface area (Å²) < 4.78 is 3.69. The second kappa shape index (κ2) is 7.42. The molecule has 2 rings (SSSR count). The zero-order chi connectivity index (χ0) is 16.2. The molecular weight excluding hydrogens is 368 g/mol. The van der Waals surface area contributed by atoms with E-state index < -0.39 is 15.9 Å². The van der Waals surface area contributed by atoms with Crippen LogP contribution in [0.4, 0.5) is 0 Å². The van der Waals surface area contributed by atoms with E-state index >= 15 is 0 Å². The molecule has 0 saturated heterocycles. The van der Waals surface area contributed by atoms with E-state index in [4.69, 9.17) is 51.1 Å². The minimum absolute atomic E-state index is 0.264. The highest BCUT2D eigenvalue weighted by molar-refractivity contribution is 6.68. The molecule has 0 aliphatic rings. The zero-order valence-corrected chi connectivity index (χ0v) is 14.1. The average molecular weight is 379 g/mol. The first-order valence-electron chi connectivity index (χ1n) is 6.22. The molecule has 2 aromatic rings. The molecule has 116 valence electrons. The summed E-state index contributed by atoms with van der Waals surface area (Å²) in [5.74, 6) is -0.0452. The lowest BCUT2D eigenvalue weighted by Gasteiger charge is -2.26. The van der Waals surface area contributed by atoms with Crippen LogP contribution < -0.4 is 10.1 Å². The highest BCUT2D eigenvalue weighted by Crippen LogP contribution is 2.32. The number of halogens is 4. The molecular formula is C15H11Cl4NO2. The van der Waals surface area contributed by atoms with E-state index in [9.17, 15) is 4.79 Å². The Bertz CT molecular complexity index is 643. The van der Waals surface area contributed by atoms with Crippen LogP contribution in [0.2, 0.25) is 5.02 Å². The van der Waals surface area contributed by atoms with E-state index in [1.54, 1.807) is 48.5 Å². The Morgan fingerprint density at radius 1 is 1.00 bits per heavy atom. The lowest BCUT2D eigenvalue weighted by molar-refractivity contribution is 0.0833. The summed E-state index contributed by atoms with van der Waals surface area (Å²) in [5, 5.41) is 2.82. The maximum Gasteiger partial charge on any atom is 0.255 e. The summed E-state index contributed by atoms with van der Waals surface area (Å²) in [4.78, 5) is 12.3. The lowest BCUT2D eigenvalue weighted by Crippen LogP contribution is -2.47. The fourth-order valence-corrected chi connectivity index (χ4v) is 2.17. The summed E-state index contributed by atoms with van der Waals surface area (Å²) in [5.41, 5.74) is 0.264. The number of hydrogen-bond donors (Lipinski definition) is 1. The number of nitrogens with one attached hydrogen (secondary N) is 1. The van der Waals surface area contributed by atoms with Gasteiger partial charge >= 0.3 is 0 Å². The van der Waals surface area contributed by atoms with Gasteiger partial charge in [-0.3, -0.25) is 4.79 Å². The SMILES string of the molecule is O=C(N[C@@H](Oc1ccccc1)C(Cl)(Cl)Cl)c1ccccc1Cl. The Balaban J connectivity index is 2.17. The molecule has 1 amide bonds. The molecule has 0 fully saturated rings. The van der Waals surface area contributed by atoms with Crippen molar-refractivity contribution in [2.45, 2.75) is 10.0 Å². The fraction of sp³-hybridized carbons (Fsp3) is 0.133. The van der Waals surface area contributed by atoms with Gasteiger partial charge in [0.1, 0.15) is 5.75 Å². The van der Waals surface area contributed by atoms with Gasteiger partial charge in [-0.2, -0.15) is 0 Å². The monoisotopic (exact) mass is 377 g/mol. The maximum absolute atomic E-state index is 12.3. The van der Waals surface area contributed by atoms with Crippen LogP contribution in [-0.2, 0) is 0 Å². The Labute approximate surface area is 148 Å². The summed E-state index contributed by atoms with van der Waals surface area (Å²) >= 11 is 23.6. The van der Waals surface area contributed by atoms with Gasteiger partial charge in [0.05, 0.1) is 10.6 Å². The van der Waals surface area contributed by atoms with Gasteiger partial charge in [0.15, 0.2) is 0 Å². The number of ether oxygens (including phenoxy) is 1. The third kappa shape index (κ3) is 4.68. The van der Waals surface area contributed by atoms with E-state index in [1.165, 1.54) is 0 Å². The number of alkyl halides is 3. The minimum atomic E-state index is -1.85. The van der Waals surface area contributed by atoms with Crippen LogP contribution in [0.15, 0.2) is 54.6 Å². The Morgan fingerprint density at radius 3 is 2.18 bits per heavy atom. The van der Waals surface area contributed by atoms with Crippen molar-refractivity contribution in [2.75, 3.05) is 0 Å². The van der Waals surface area contributed by atoms with Crippen LogP contribution in [0.1, 0.15) is 10.4 Å². The molecule has 0 aliphatic carbocycles. The van der Waals surface area contributed by atoms with E-state index in [0.29, 0.717) is 10.8 Å². The molecule has 0 unspecified atom stereocenters. The molecule has 0 spiro atoms. The highest BCUT2D eigenvalue weighted by Gasteiger charge is 2.36. The molecule has 0 saturated carbocycles. The number of carbonyl (C=O) groups excluding carboxylic acids is 1. The molecule has 7 heteroatoms. The molecule has 22 heavy (non-hydrogen) atoms. The zero-order valence-electron chi connectivity index (χ0n) is 11.1. The third-order valence-corrected chi connectivity index (χ3v) is 3.60. The van der Waals surface area contributed by atoms with Gasteiger partial charge in [-0.1, -0.05) is 76.7 Å². The topological polar surface area (TPSA) is 38.3 Å². The van der Waals surface area contributed by atoms with Gasteiger partial charge in [0.25, 0.3) is 5.91 Å². The Kier molecular flexibility index (Phi) is 5.81. The van der Waals surface area contributed by atoms with Crippen molar-refractivity contribution in [1.29, 1.82) is 0 Å². The Morgan fingerprint density at radius 2 is 1.59 bits per heavy atom. The van der Waals surface area contributed by atoms with Crippen molar-refractivity contribution in [1.82, 2.24) is 5.32 Å². The summed E-state index contributed by atoms with van der Waals surface area (Å²) in [6, 6.07) is 15.3. The first-order valence-corrected chi connectivity index (χ1v) is 7.73. The van der Waals surface area contributed by atoms with E-state index in [2.05, 4.69) is 5.32 Å². The lowest BCUT2D eigenvalue weighted by atomic mass is 10.2. The van der Waals surface area contributed by atoms with Crippen molar-refractivity contribution in [2.24, 2.45) is 0 Å². The average Bonchev–Trinajstić information content (AvgIpc) is 2.47. The maximum atomic E-state index is 12.3. The predicted molar refractivity (Wildman–Crippen MR) is 90.1 cm³/mol. The van der Waals surface area contributed by atoms with E-state index in [0.717, 1.165) is 0 Å². The van der Waals surface area contributed by atoms with Crippen molar-refractivity contribution in [3.05, 3.63) is 65.2 Å². The van der Waals surface area contributed by atoms with Crippen molar-refractivity contribution < 1.29 is 9.53 Å². The van der Waals surface area contributed by atoms with Crippen LogP contribution in [0.5, 0.6) is 5.75 Å². The van der Waals surface area contributed by atoms with Crippen LogP contribution in [0.25, 0.3) is 0 Å². The third-order valence-electron chi connectivity index (χ3n) is 2.68. The number of para-hydroxylation sites is 1. The van der Waals surface area contributed by atoms with Gasteiger partial charge in [-0.15, -0.1) is 0 Å². The number of carbonyl (C=O) groups is 1. The van der Waals surface area contributed by atoms with E-state index in [1.807, 2.05) is 6.07 Å². The molecule has 0 aromatic heterocycles. The fourth-order valence-electron chi connectivity index (χ4n) is 1.66. The molecule has 3 nitrogen and oxygen atoms in total. The Hall–Kier alpha value is -1.13. The highest BCUT2D eigenvalue weighted by atomic mass is 35.6. The largest absolute Gasteiger partial charge is 0.466 e. The number of amides is 1. The molecule has 0 radical (unpaired) electrons. The molecule has 0 heterocycles. The van der Waals surface area contributed by atoms with Crippen LogP contribution in [-0.4, -0.2) is 15.9 Å². The normalized spacial score (nSPS) is 12.5. The molecule has 0 aliphatic heterocycles. The second-order valence-corrected chi connectivity index (χ2v) is 7.08. The van der Waals surface area contributed by atoms with E-state index in [-0.39, 0.29) is 5.56 Å². The summed E-state index contributed by atoms with van der Waals surface area (Å²) in [6.45, 7) is 0. The number of benzene rings is 2. The van der Waals surface area contributed by atoms with Gasteiger partial charge in [-0.25, -0.2) is 0 Å². The van der Waals surface area contributed by atoms with Gasteiger partial charge < -0.3 is 10.1 Å². The summed E-state index contributed by atoms with van der Waals surface area (Å²) in [7, 11) is 0. The number of rotatable bonds is 4. The first kappa shape index (κ1) is 17.2. The minimum Gasteiger partial charge on any atom is -0.466 e. The molecule has 1 atom stereocenters. The van der Waals surface area contributed by atoms with Gasteiger partial charge in [0.2, 0.25) is 10.0 Å². The van der Waals surface area contributed by atoms with Crippen molar-refractivity contribution >= 4 is 52.3 Å².